The van der Waals surface area contributed by atoms with Crippen molar-refractivity contribution >= 4 is 11.9 Å². The van der Waals surface area contributed by atoms with E-state index in [0.29, 0.717) is 5.56 Å². The van der Waals surface area contributed by atoms with Crippen molar-refractivity contribution in [2.75, 3.05) is 0 Å². The number of carbonyl (C=O) groups is 2. The largest absolute Gasteiger partial charge is 0.480 e. The minimum Gasteiger partial charge on any atom is -0.480 e. The van der Waals surface area contributed by atoms with Gasteiger partial charge in [0.25, 0.3) is 5.91 Å². The first-order valence-electron chi connectivity index (χ1n) is 6.49. The van der Waals surface area contributed by atoms with Gasteiger partial charge < -0.3 is 10.4 Å². The molecule has 0 aromatic heterocycles. The van der Waals surface area contributed by atoms with Gasteiger partial charge in [0.1, 0.15) is 17.7 Å². The molecule has 0 radical (unpaired) electrons. The summed E-state index contributed by atoms with van der Waals surface area (Å²) >= 11 is 0. The number of carboxylic acids is 1. The predicted molar refractivity (Wildman–Crippen MR) is 75.4 cm³/mol. The topological polar surface area (TPSA) is 66.4 Å². The molecule has 1 atom stereocenters. The van der Waals surface area contributed by atoms with Crippen LogP contribution >= 0.6 is 0 Å². The molecular formula is C16H13F2NO3. The van der Waals surface area contributed by atoms with E-state index in [-0.39, 0.29) is 12.0 Å². The lowest BCUT2D eigenvalue weighted by molar-refractivity contribution is -0.139. The SMILES string of the molecule is O=C(N[C@H](Cc1ccc(F)cc1)C(=O)O)c1ccc(F)cc1. The molecule has 0 spiro atoms. The van der Waals surface area contributed by atoms with Gasteiger partial charge in [-0.05, 0) is 42.0 Å². The van der Waals surface area contributed by atoms with Crippen molar-refractivity contribution in [2.45, 2.75) is 12.5 Å². The molecule has 114 valence electrons. The summed E-state index contributed by atoms with van der Waals surface area (Å²) in [5.41, 5.74) is 0.736. The van der Waals surface area contributed by atoms with Crippen molar-refractivity contribution < 1.29 is 23.5 Å². The van der Waals surface area contributed by atoms with E-state index in [0.717, 1.165) is 12.1 Å². The number of carbonyl (C=O) groups excluding carboxylic acids is 1. The molecule has 22 heavy (non-hydrogen) atoms. The molecule has 2 aromatic carbocycles. The quantitative estimate of drug-likeness (QED) is 0.891. The first-order chi connectivity index (χ1) is 10.5. The molecule has 0 aliphatic rings. The molecule has 0 bridgehead atoms. The van der Waals surface area contributed by atoms with Gasteiger partial charge in [0.15, 0.2) is 0 Å². The minimum absolute atomic E-state index is 0.0164. The number of aliphatic carboxylic acids is 1. The molecule has 1 amide bonds. The number of amides is 1. The fourth-order valence-electron chi connectivity index (χ4n) is 1.90. The molecule has 6 heteroatoms. The Hall–Kier alpha value is -2.76. The Bertz CT molecular complexity index is 669. The summed E-state index contributed by atoms with van der Waals surface area (Å²) in [6.07, 6.45) is 0.0164. The number of rotatable bonds is 5. The molecule has 0 saturated carbocycles. The lowest BCUT2D eigenvalue weighted by Crippen LogP contribution is -2.42. The third-order valence-electron chi connectivity index (χ3n) is 3.06. The third-order valence-corrected chi connectivity index (χ3v) is 3.06. The van der Waals surface area contributed by atoms with Crippen LogP contribution in [0.25, 0.3) is 0 Å². The Balaban J connectivity index is 2.08. The van der Waals surface area contributed by atoms with Crippen LogP contribution in [0.1, 0.15) is 15.9 Å². The van der Waals surface area contributed by atoms with Gasteiger partial charge in [-0.2, -0.15) is 0 Å². The van der Waals surface area contributed by atoms with E-state index < -0.39 is 29.6 Å². The normalized spacial score (nSPS) is 11.7. The summed E-state index contributed by atoms with van der Waals surface area (Å²) in [6.45, 7) is 0. The molecule has 4 nitrogen and oxygen atoms in total. The van der Waals surface area contributed by atoms with Crippen LogP contribution in [0.15, 0.2) is 48.5 Å². The summed E-state index contributed by atoms with van der Waals surface area (Å²) in [6, 6.07) is 8.94. The Labute approximate surface area is 125 Å². The highest BCUT2D eigenvalue weighted by Gasteiger charge is 2.21. The van der Waals surface area contributed by atoms with Gasteiger partial charge in [0.05, 0.1) is 0 Å². The number of carboxylic acid groups (broad SMARTS) is 1. The first kappa shape index (κ1) is 15.6. The van der Waals surface area contributed by atoms with Crippen molar-refractivity contribution in [3.05, 3.63) is 71.3 Å². The monoisotopic (exact) mass is 305 g/mol. The van der Waals surface area contributed by atoms with Gasteiger partial charge in [-0.25, -0.2) is 13.6 Å². The second kappa shape index (κ2) is 6.80. The molecule has 0 unspecified atom stereocenters. The van der Waals surface area contributed by atoms with Gasteiger partial charge in [-0.15, -0.1) is 0 Å². The average molecular weight is 305 g/mol. The molecule has 2 aromatic rings. The maximum atomic E-state index is 12.8. The van der Waals surface area contributed by atoms with Gasteiger partial charge in [0, 0.05) is 12.0 Å². The van der Waals surface area contributed by atoms with E-state index in [1.54, 1.807) is 0 Å². The van der Waals surface area contributed by atoms with Crippen LogP contribution in [-0.4, -0.2) is 23.0 Å². The molecule has 2 N–H and O–H groups in total. The third kappa shape index (κ3) is 4.12. The predicted octanol–water partition coefficient (Wildman–Crippen LogP) is 2.39. The van der Waals surface area contributed by atoms with Crippen molar-refractivity contribution in [1.29, 1.82) is 0 Å². The summed E-state index contributed by atoms with van der Waals surface area (Å²) in [4.78, 5) is 23.2. The maximum absolute atomic E-state index is 12.8. The maximum Gasteiger partial charge on any atom is 0.326 e. The Morgan fingerprint density at radius 3 is 1.95 bits per heavy atom. The summed E-state index contributed by atoms with van der Waals surface area (Å²) < 4.78 is 25.6. The second-order valence-corrected chi connectivity index (χ2v) is 4.70. The van der Waals surface area contributed by atoms with Crippen LogP contribution < -0.4 is 5.32 Å². The molecule has 0 aliphatic carbocycles. The standard InChI is InChI=1S/C16H13F2NO3/c17-12-5-1-10(2-6-12)9-14(16(21)22)19-15(20)11-3-7-13(18)8-4-11/h1-8,14H,9H2,(H,19,20)(H,21,22)/t14-/m1/s1. The van der Waals surface area contributed by atoms with Crippen LogP contribution in [-0.2, 0) is 11.2 Å². The van der Waals surface area contributed by atoms with Crippen molar-refractivity contribution in [1.82, 2.24) is 5.32 Å². The lowest BCUT2D eigenvalue weighted by atomic mass is 10.1. The Kier molecular flexibility index (Phi) is 4.83. The van der Waals surface area contributed by atoms with Gasteiger partial charge in [-0.3, -0.25) is 4.79 Å². The summed E-state index contributed by atoms with van der Waals surface area (Å²) in [7, 11) is 0. The Morgan fingerprint density at radius 2 is 1.45 bits per heavy atom. The summed E-state index contributed by atoms with van der Waals surface area (Å²) in [5, 5.41) is 11.5. The fraction of sp³-hybridized carbons (Fsp3) is 0.125. The number of halogens is 2. The van der Waals surface area contributed by atoms with E-state index in [1.807, 2.05) is 0 Å². The van der Waals surface area contributed by atoms with E-state index in [1.165, 1.54) is 36.4 Å². The molecular weight excluding hydrogens is 292 g/mol. The van der Waals surface area contributed by atoms with Crippen LogP contribution in [0.4, 0.5) is 8.78 Å². The van der Waals surface area contributed by atoms with Crippen molar-refractivity contribution in [3.63, 3.8) is 0 Å². The van der Waals surface area contributed by atoms with Gasteiger partial charge in [0.2, 0.25) is 0 Å². The highest BCUT2D eigenvalue weighted by atomic mass is 19.1. The van der Waals surface area contributed by atoms with E-state index in [4.69, 9.17) is 0 Å². The zero-order chi connectivity index (χ0) is 16.1. The minimum atomic E-state index is -1.21. The first-order valence-corrected chi connectivity index (χ1v) is 6.49. The van der Waals surface area contributed by atoms with Crippen molar-refractivity contribution in [3.8, 4) is 0 Å². The van der Waals surface area contributed by atoms with Crippen LogP contribution in [0.5, 0.6) is 0 Å². The highest BCUT2D eigenvalue weighted by molar-refractivity contribution is 5.96. The number of hydrogen-bond acceptors (Lipinski definition) is 2. The van der Waals surface area contributed by atoms with E-state index in [2.05, 4.69) is 5.32 Å². The zero-order valence-electron chi connectivity index (χ0n) is 11.4. The number of benzene rings is 2. The molecule has 0 saturated heterocycles. The fourth-order valence-corrected chi connectivity index (χ4v) is 1.90. The molecule has 0 heterocycles. The number of nitrogens with one attached hydrogen (secondary N) is 1. The van der Waals surface area contributed by atoms with E-state index in [9.17, 15) is 23.5 Å². The summed E-state index contributed by atoms with van der Waals surface area (Å²) in [5.74, 6) is -2.74. The molecule has 2 rings (SSSR count). The zero-order valence-corrected chi connectivity index (χ0v) is 11.4. The van der Waals surface area contributed by atoms with Gasteiger partial charge >= 0.3 is 5.97 Å². The van der Waals surface area contributed by atoms with Crippen molar-refractivity contribution in [2.24, 2.45) is 0 Å². The lowest BCUT2D eigenvalue weighted by Gasteiger charge is -2.14. The molecule has 0 fully saturated rings. The highest BCUT2D eigenvalue weighted by Crippen LogP contribution is 2.08. The molecule has 0 aliphatic heterocycles. The van der Waals surface area contributed by atoms with Crippen LogP contribution in [0, 0.1) is 11.6 Å². The van der Waals surface area contributed by atoms with E-state index >= 15 is 0 Å². The van der Waals surface area contributed by atoms with Crippen LogP contribution in [0.2, 0.25) is 0 Å². The number of hydrogen-bond donors (Lipinski definition) is 2. The smallest absolute Gasteiger partial charge is 0.326 e. The average Bonchev–Trinajstić information content (AvgIpc) is 2.49. The second-order valence-electron chi connectivity index (χ2n) is 4.70. The Morgan fingerprint density at radius 1 is 0.955 bits per heavy atom. The van der Waals surface area contributed by atoms with Gasteiger partial charge in [-0.1, -0.05) is 12.1 Å². The van der Waals surface area contributed by atoms with Crippen LogP contribution in [0.3, 0.4) is 0 Å².